The van der Waals surface area contributed by atoms with Crippen molar-refractivity contribution in [1.82, 2.24) is 10.2 Å². The van der Waals surface area contributed by atoms with Crippen LogP contribution < -0.4 is 15.0 Å². The molecular formula is C21H18Cl3N3O3S. The van der Waals surface area contributed by atoms with Crippen LogP contribution in [0.2, 0.25) is 15.1 Å². The predicted molar refractivity (Wildman–Crippen MR) is 127 cm³/mol. The Balaban J connectivity index is 1.97. The molecule has 1 N–H and O–H groups in total. The Bertz CT molecular complexity index is 1040. The van der Waals surface area contributed by atoms with E-state index in [1.54, 1.807) is 42.5 Å². The van der Waals surface area contributed by atoms with Gasteiger partial charge in [0.15, 0.2) is 10.9 Å². The molecule has 0 bridgehead atoms. The summed E-state index contributed by atoms with van der Waals surface area (Å²) in [5.41, 5.74) is 0.364. The number of rotatable bonds is 6. The lowest BCUT2D eigenvalue weighted by Gasteiger charge is -2.30. The zero-order valence-electron chi connectivity index (χ0n) is 16.6. The zero-order valence-corrected chi connectivity index (χ0v) is 19.6. The third-order valence-electron chi connectivity index (χ3n) is 4.27. The van der Waals surface area contributed by atoms with Crippen molar-refractivity contribution in [2.45, 2.75) is 6.10 Å². The molecular weight excluding hydrogens is 481 g/mol. The number of benzene rings is 2. The van der Waals surface area contributed by atoms with Gasteiger partial charge in [0.1, 0.15) is 11.7 Å². The number of hydrogen-bond donors (Lipinski definition) is 1. The van der Waals surface area contributed by atoms with Crippen molar-refractivity contribution in [1.29, 1.82) is 0 Å². The summed E-state index contributed by atoms with van der Waals surface area (Å²) < 4.78 is 5.99. The standard InChI is InChI=1S/C21H18Cl3N3O3S/c1-26(2)11-14(30-18-16(23)4-3-5-17(18)24)10-15-19(28)25-21(31)27(20(15)29)13-8-6-12(22)7-9-13/h3-10,14H,11H2,1-2H3,(H,25,28,31)/b15-10+. The van der Waals surface area contributed by atoms with E-state index in [0.717, 1.165) is 0 Å². The molecule has 2 aromatic rings. The second-order valence-corrected chi connectivity index (χ2v) is 8.56. The molecule has 1 heterocycles. The van der Waals surface area contributed by atoms with E-state index in [4.69, 9.17) is 51.8 Å². The summed E-state index contributed by atoms with van der Waals surface area (Å²) in [5, 5.41) is 3.67. The number of nitrogens with zero attached hydrogens (tertiary/aromatic N) is 2. The fourth-order valence-corrected chi connectivity index (χ4v) is 3.81. The zero-order chi connectivity index (χ0) is 22.7. The van der Waals surface area contributed by atoms with Crippen LogP contribution in [0.4, 0.5) is 5.69 Å². The molecule has 1 atom stereocenters. The van der Waals surface area contributed by atoms with Crippen LogP contribution in [0.25, 0.3) is 0 Å². The number of hydrogen-bond acceptors (Lipinski definition) is 5. The van der Waals surface area contributed by atoms with Crippen LogP contribution in [0, 0.1) is 0 Å². The van der Waals surface area contributed by atoms with Crippen molar-refractivity contribution in [3.05, 3.63) is 69.2 Å². The van der Waals surface area contributed by atoms with Crippen molar-refractivity contribution < 1.29 is 14.3 Å². The monoisotopic (exact) mass is 497 g/mol. The van der Waals surface area contributed by atoms with E-state index in [0.29, 0.717) is 27.3 Å². The average Bonchev–Trinajstić information content (AvgIpc) is 2.68. The minimum atomic E-state index is -0.698. The number of nitrogens with one attached hydrogen (secondary N) is 1. The molecule has 162 valence electrons. The smallest absolute Gasteiger partial charge is 0.270 e. The van der Waals surface area contributed by atoms with Gasteiger partial charge in [0, 0.05) is 11.6 Å². The molecule has 1 fully saturated rings. The molecule has 10 heteroatoms. The first-order chi connectivity index (χ1) is 14.7. The van der Waals surface area contributed by atoms with Gasteiger partial charge in [-0.3, -0.25) is 19.8 Å². The third kappa shape index (κ3) is 5.56. The van der Waals surface area contributed by atoms with Gasteiger partial charge in [-0.2, -0.15) is 0 Å². The normalized spacial score (nSPS) is 16.6. The highest BCUT2D eigenvalue weighted by Gasteiger charge is 2.35. The molecule has 2 aromatic carbocycles. The fourth-order valence-electron chi connectivity index (χ4n) is 2.92. The summed E-state index contributed by atoms with van der Waals surface area (Å²) in [5.74, 6) is -0.921. The summed E-state index contributed by atoms with van der Waals surface area (Å²) in [6.45, 7) is 0.358. The minimum Gasteiger partial charge on any atom is -0.482 e. The summed E-state index contributed by atoms with van der Waals surface area (Å²) in [6.07, 6.45) is 0.748. The largest absolute Gasteiger partial charge is 0.482 e. The van der Waals surface area contributed by atoms with Gasteiger partial charge in [-0.05, 0) is 68.8 Å². The van der Waals surface area contributed by atoms with Crippen LogP contribution in [-0.4, -0.2) is 48.6 Å². The van der Waals surface area contributed by atoms with Gasteiger partial charge in [-0.25, -0.2) is 0 Å². The minimum absolute atomic E-state index is 0.0197. The highest BCUT2D eigenvalue weighted by Crippen LogP contribution is 2.33. The van der Waals surface area contributed by atoms with Gasteiger partial charge in [-0.1, -0.05) is 40.9 Å². The Hall–Kier alpha value is -2.16. The number of amides is 2. The first-order valence-corrected chi connectivity index (χ1v) is 10.6. The number of halogens is 3. The van der Waals surface area contributed by atoms with Crippen molar-refractivity contribution in [2.75, 3.05) is 25.5 Å². The number of likely N-dealkylation sites (N-methyl/N-ethyl adjacent to an activating group) is 1. The second kappa shape index (κ2) is 9.97. The molecule has 0 spiro atoms. The van der Waals surface area contributed by atoms with Crippen LogP contribution in [0.15, 0.2) is 54.1 Å². The second-order valence-electron chi connectivity index (χ2n) is 6.93. The van der Waals surface area contributed by atoms with Crippen molar-refractivity contribution in [3.63, 3.8) is 0 Å². The fraction of sp³-hybridized carbons (Fsp3) is 0.190. The average molecular weight is 499 g/mol. The Morgan fingerprint density at radius 3 is 2.29 bits per heavy atom. The number of thiocarbonyl (C=S) groups is 1. The van der Waals surface area contributed by atoms with E-state index in [1.807, 2.05) is 19.0 Å². The quantitative estimate of drug-likeness (QED) is 0.365. The number of carbonyl (C=O) groups excluding carboxylic acids is 2. The lowest BCUT2D eigenvalue weighted by atomic mass is 10.1. The van der Waals surface area contributed by atoms with Crippen molar-refractivity contribution in [3.8, 4) is 5.75 Å². The molecule has 3 rings (SSSR count). The summed E-state index contributed by atoms with van der Waals surface area (Å²) in [6, 6.07) is 11.5. The number of carbonyl (C=O) groups is 2. The van der Waals surface area contributed by atoms with Crippen LogP contribution >= 0.6 is 47.0 Å². The molecule has 0 radical (unpaired) electrons. The van der Waals surface area contributed by atoms with Gasteiger partial charge in [0.25, 0.3) is 11.8 Å². The van der Waals surface area contributed by atoms with E-state index in [-0.39, 0.29) is 16.4 Å². The highest BCUT2D eigenvalue weighted by atomic mass is 35.5. The van der Waals surface area contributed by atoms with Crippen molar-refractivity contribution >= 4 is 69.6 Å². The van der Waals surface area contributed by atoms with Gasteiger partial charge < -0.3 is 9.64 Å². The number of para-hydroxylation sites is 1. The lowest BCUT2D eigenvalue weighted by Crippen LogP contribution is -2.54. The molecule has 1 aliphatic heterocycles. The molecule has 2 amide bonds. The first kappa shape index (κ1) is 23.5. The Morgan fingerprint density at radius 1 is 1.10 bits per heavy atom. The molecule has 1 unspecified atom stereocenters. The van der Waals surface area contributed by atoms with Crippen LogP contribution in [0.3, 0.4) is 0 Å². The van der Waals surface area contributed by atoms with Gasteiger partial charge >= 0.3 is 0 Å². The topological polar surface area (TPSA) is 61.9 Å². The first-order valence-electron chi connectivity index (χ1n) is 9.10. The predicted octanol–water partition coefficient (Wildman–Crippen LogP) is 4.33. The highest BCUT2D eigenvalue weighted by molar-refractivity contribution is 7.80. The van der Waals surface area contributed by atoms with Gasteiger partial charge in [0.05, 0.1) is 15.7 Å². The molecule has 31 heavy (non-hydrogen) atoms. The Morgan fingerprint density at radius 2 is 1.71 bits per heavy atom. The summed E-state index contributed by atoms with van der Waals surface area (Å²) in [7, 11) is 3.67. The molecule has 0 saturated carbocycles. The summed E-state index contributed by atoms with van der Waals surface area (Å²) in [4.78, 5) is 28.9. The molecule has 6 nitrogen and oxygen atoms in total. The van der Waals surface area contributed by atoms with Crippen molar-refractivity contribution in [2.24, 2.45) is 0 Å². The van der Waals surface area contributed by atoms with E-state index >= 15 is 0 Å². The molecule has 0 aliphatic carbocycles. The van der Waals surface area contributed by atoms with Crippen LogP contribution in [0.1, 0.15) is 0 Å². The van der Waals surface area contributed by atoms with Gasteiger partial charge in [-0.15, -0.1) is 0 Å². The van der Waals surface area contributed by atoms with E-state index in [1.165, 1.54) is 11.0 Å². The Kier molecular flexibility index (Phi) is 7.56. The summed E-state index contributed by atoms with van der Waals surface area (Å²) >= 11 is 23.6. The van der Waals surface area contributed by atoms with E-state index < -0.39 is 17.9 Å². The van der Waals surface area contributed by atoms with E-state index in [9.17, 15) is 9.59 Å². The molecule has 1 saturated heterocycles. The van der Waals surface area contributed by atoms with Crippen LogP contribution in [-0.2, 0) is 9.59 Å². The SMILES string of the molecule is CN(C)CC(/C=C1\C(=O)NC(=S)N(c2ccc(Cl)cc2)C1=O)Oc1c(Cl)cccc1Cl. The number of ether oxygens (including phenoxy) is 1. The maximum Gasteiger partial charge on any atom is 0.270 e. The van der Waals surface area contributed by atoms with Gasteiger partial charge in [0.2, 0.25) is 0 Å². The lowest BCUT2D eigenvalue weighted by molar-refractivity contribution is -0.122. The molecule has 0 aromatic heterocycles. The Labute approximate surface area is 200 Å². The van der Waals surface area contributed by atoms with Crippen LogP contribution in [0.5, 0.6) is 5.75 Å². The molecule has 1 aliphatic rings. The third-order valence-corrected chi connectivity index (χ3v) is 5.40. The number of anilines is 1. The van der Waals surface area contributed by atoms with E-state index in [2.05, 4.69) is 5.32 Å². The maximum atomic E-state index is 13.2. The maximum absolute atomic E-state index is 13.2.